The van der Waals surface area contributed by atoms with E-state index in [4.69, 9.17) is 4.74 Å². The second kappa shape index (κ2) is 9.91. The van der Waals surface area contributed by atoms with Crippen molar-refractivity contribution in [3.05, 3.63) is 29.8 Å². The van der Waals surface area contributed by atoms with Crippen molar-refractivity contribution in [1.29, 1.82) is 0 Å². The molecule has 1 atom stereocenters. The Labute approximate surface area is 183 Å². The number of nitrogens with one attached hydrogen (secondary N) is 1. The number of piperidine rings is 1. The van der Waals surface area contributed by atoms with E-state index >= 15 is 0 Å². The van der Waals surface area contributed by atoms with Crippen LogP contribution in [0, 0.1) is 5.92 Å². The number of amides is 1. The minimum atomic E-state index is -3.70. The van der Waals surface area contributed by atoms with Crippen LogP contribution in [0.3, 0.4) is 0 Å². The standard InChI is InChI=1S/C22H30N2O6S/c1-15(25)17-7-9-20(10-8-17)31(28,29)24-13-11-18(12-14-24)22(27)30-16(2)21(26)23-19-5-3-4-6-19/h7-10,16,18-19H,3-6,11-14H2,1-2H3,(H,23,26). The normalized spacial score (nSPS) is 19.7. The Bertz CT molecular complexity index is 914. The second-order valence-corrected chi connectivity index (χ2v) is 10.3. The smallest absolute Gasteiger partial charge is 0.309 e. The summed E-state index contributed by atoms with van der Waals surface area (Å²) in [7, 11) is -3.70. The topological polar surface area (TPSA) is 110 Å². The summed E-state index contributed by atoms with van der Waals surface area (Å²) in [5.74, 6) is -1.31. The number of nitrogens with zero attached hydrogens (tertiary/aromatic N) is 1. The fraction of sp³-hybridized carbons (Fsp3) is 0.591. The molecule has 2 fully saturated rings. The van der Waals surface area contributed by atoms with Gasteiger partial charge in [-0.1, -0.05) is 25.0 Å². The molecule has 170 valence electrons. The first-order valence-corrected chi connectivity index (χ1v) is 12.2. The number of benzene rings is 1. The maximum Gasteiger partial charge on any atom is 0.309 e. The number of rotatable bonds is 7. The van der Waals surface area contributed by atoms with E-state index in [1.54, 1.807) is 6.92 Å². The van der Waals surface area contributed by atoms with Crippen LogP contribution in [0.2, 0.25) is 0 Å². The summed E-state index contributed by atoms with van der Waals surface area (Å²) in [6.45, 7) is 3.37. The van der Waals surface area contributed by atoms with Crippen molar-refractivity contribution in [2.24, 2.45) is 5.92 Å². The molecule has 1 aromatic rings. The van der Waals surface area contributed by atoms with Gasteiger partial charge in [-0.15, -0.1) is 0 Å². The predicted octanol–water partition coefficient (Wildman–Crippen LogP) is 2.28. The van der Waals surface area contributed by atoms with Gasteiger partial charge in [0.05, 0.1) is 10.8 Å². The summed E-state index contributed by atoms with van der Waals surface area (Å²) in [5, 5.41) is 2.92. The minimum Gasteiger partial charge on any atom is -0.452 e. The van der Waals surface area contributed by atoms with Crippen molar-refractivity contribution < 1.29 is 27.5 Å². The molecule has 3 rings (SSSR count). The number of hydrogen-bond acceptors (Lipinski definition) is 6. The summed E-state index contributed by atoms with van der Waals surface area (Å²) in [6, 6.07) is 6.01. The molecule has 1 N–H and O–H groups in total. The molecule has 31 heavy (non-hydrogen) atoms. The first-order valence-electron chi connectivity index (χ1n) is 10.8. The number of carbonyl (C=O) groups excluding carboxylic acids is 3. The molecule has 1 aliphatic heterocycles. The molecule has 1 heterocycles. The van der Waals surface area contributed by atoms with Crippen LogP contribution in [-0.2, 0) is 24.3 Å². The Hall–Kier alpha value is -2.26. The van der Waals surface area contributed by atoms with Gasteiger partial charge in [-0.3, -0.25) is 14.4 Å². The van der Waals surface area contributed by atoms with Crippen LogP contribution in [0.4, 0.5) is 0 Å². The largest absolute Gasteiger partial charge is 0.452 e. The third-order valence-electron chi connectivity index (χ3n) is 6.05. The molecule has 1 aliphatic carbocycles. The lowest BCUT2D eigenvalue weighted by atomic mass is 9.98. The van der Waals surface area contributed by atoms with E-state index < -0.39 is 28.0 Å². The number of carbonyl (C=O) groups is 3. The maximum atomic E-state index is 12.8. The van der Waals surface area contributed by atoms with E-state index in [0.29, 0.717) is 18.4 Å². The lowest BCUT2D eigenvalue weighted by Gasteiger charge is -2.30. The van der Waals surface area contributed by atoms with Gasteiger partial charge in [0.1, 0.15) is 0 Å². The third-order valence-corrected chi connectivity index (χ3v) is 7.96. The van der Waals surface area contributed by atoms with Gasteiger partial charge in [0.2, 0.25) is 10.0 Å². The van der Waals surface area contributed by atoms with Crippen LogP contribution < -0.4 is 5.32 Å². The van der Waals surface area contributed by atoms with Crippen molar-refractivity contribution >= 4 is 27.7 Å². The van der Waals surface area contributed by atoms with Crippen LogP contribution in [0.25, 0.3) is 0 Å². The lowest BCUT2D eigenvalue weighted by molar-refractivity contribution is -0.160. The van der Waals surface area contributed by atoms with Crippen LogP contribution >= 0.6 is 0 Å². The highest BCUT2D eigenvalue weighted by molar-refractivity contribution is 7.89. The number of ketones is 1. The zero-order valence-corrected chi connectivity index (χ0v) is 18.8. The molecule has 0 bridgehead atoms. The Kier molecular flexibility index (Phi) is 7.48. The number of hydrogen-bond donors (Lipinski definition) is 1. The number of sulfonamides is 1. The molecule has 8 nitrogen and oxygen atoms in total. The van der Waals surface area contributed by atoms with Gasteiger partial charge < -0.3 is 10.1 Å². The highest BCUT2D eigenvalue weighted by Gasteiger charge is 2.34. The van der Waals surface area contributed by atoms with E-state index in [2.05, 4.69) is 5.32 Å². The molecule has 0 spiro atoms. The molecular weight excluding hydrogens is 420 g/mol. The molecule has 0 radical (unpaired) electrons. The molecule has 1 unspecified atom stereocenters. The van der Waals surface area contributed by atoms with Crippen molar-refractivity contribution in [2.75, 3.05) is 13.1 Å². The van der Waals surface area contributed by atoms with E-state index in [1.807, 2.05) is 0 Å². The first kappa shape index (κ1) is 23.4. The molecule has 1 aromatic carbocycles. The molecule has 9 heteroatoms. The SMILES string of the molecule is CC(=O)c1ccc(S(=O)(=O)N2CCC(C(=O)OC(C)C(=O)NC3CCCC3)CC2)cc1. The number of esters is 1. The molecule has 1 amide bonds. The number of ether oxygens (including phenoxy) is 1. The molecular formula is C22H30N2O6S. The Morgan fingerprint density at radius 2 is 1.61 bits per heavy atom. The Morgan fingerprint density at radius 3 is 2.16 bits per heavy atom. The van der Waals surface area contributed by atoms with Crippen LogP contribution in [0.1, 0.15) is 62.7 Å². The van der Waals surface area contributed by atoms with Gasteiger partial charge in [0, 0.05) is 24.7 Å². The van der Waals surface area contributed by atoms with Crippen molar-refractivity contribution in [1.82, 2.24) is 9.62 Å². The summed E-state index contributed by atoms with van der Waals surface area (Å²) in [4.78, 5) is 36.2. The summed E-state index contributed by atoms with van der Waals surface area (Å²) < 4.78 is 32.4. The van der Waals surface area contributed by atoms with Gasteiger partial charge in [-0.2, -0.15) is 4.31 Å². The zero-order valence-electron chi connectivity index (χ0n) is 18.0. The van der Waals surface area contributed by atoms with E-state index in [9.17, 15) is 22.8 Å². The predicted molar refractivity (Wildman–Crippen MR) is 114 cm³/mol. The summed E-state index contributed by atoms with van der Waals surface area (Å²) in [5.41, 5.74) is 0.450. The first-order chi connectivity index (χ1) is 14.7. The average Bonchev–Trinajstić information content (AvgIpc) is 3.26. The van der Waals surface area contributed by atoms with Crippen molar-refractivity contribution in [3.63, 3.8) is 0 Å². The van der Waals surface area contributed by atoms with Crippen LogP contribution in [0.5, 0.6) is 0 Å². The van der Waals surface area contributed by atoms with Crippen LogP contribution in [0.15, 0.2) is 29.2 Å². The summed E-state index contributed by atoms with van der Waals surface area (Å²) >= 11 is 0. The molecule has 1 saturated carbocycles. The van der Waals surface area contributed by atoms with Gasteiger partial charge in [-0.05, 0) is 51.7 Å². The van der Waals surface area contributed by atoms with Gasteiger partial charge >= 0.3 is 5.97 Å². The quantitative estimate of drug-likeness (QED) is 0.504. The molecule has 0 aromatic heterocycles. The summed E-state index contributed by atoms with van der Waals surface area (Å²) in [6.07, 6.45) is 3.91. The molecule has 1 saturated heterocycles. The minimum absolute atomic E-state index is 0.121. The second-order valence-electron chi connectivity index (χ2n) is 8.33. The van der Waals surface area contributed by atoms with Gasteiger partial charge in [-0.25, -0.2) is 8.42 Å². The van der Waals surface area contributed by atoms with Crippen molar-refractivity contribution in [2.45, 2.75) is 69.4 Å². The fourth-order valence-electron chi connectivity index (χ4n) is 4.06. The monoisotopic (exact) mass is 450 g/mol. The van der Waals surface area contributed by atoms with E-state index in [1.165, 1.54) is 35.5 Å². The van der Waals surface area contributed by atoms with Gasteiger partial charge in [0.25, 0.3) is 5.91 Å². The average molecular weight is 451 g/mol. The highest BCUT2D eigenvalue weighted by atomic mass is 32.2. The Morgan fingerprint density at radius 1 is 1.03 bits per heavy atom. The van der Waals surface area contributed by atoms with E-state index in [-0.39, 0.29) is 35.7 Å². The zero-order chi connectivity index (χ0) is 22.6. The maximum absolute atomic E-state index is 12.8. The fourth-order valence-corrected chi connectivity index (χ4v) is 5.52. The Balaban J connectivity index is 1.51. The third kappa shape index (κ3) is 5.71. The van der Waals surface area contributed by atoms with E-state index in [0.717, 1.165) is 25.7 Å². The lowest BCUT2D eigenvalue weighted by Crippen LogP contribution is -2.43. The molecule has 2 aliphatic rings. The van der Waals surface area contributed by atoms with Crippen molar-refractivity contribution in [3.8, 4) is 0 Å². The van der Waals surface area contributed by atoms with Crippen LogP contribution in [-0.4, -0.2) is 55.6 Å². The van der Waals surface area contributed by atoms with Gasteiger partial charge in [0.15, 0.2) is 11.9 Å². The number of Topliss-reactive ketones (excluding diaryl/α,β-unsaturated/α-hetero) is 1. The highest BCUT2D eigenvalue weighted by Crippen LogP contribution is 2.25.